The number of sulfonamides is 1. The minimum atomic E-state index is -3.14. The monoisotopic (exact) mass is 477 g/mol. The molecule has 5 heteroatoms. The summed E-state index contributed by atoms with van der Waals surface area (Å²) in [5.41, 5.74) is 7.51. The van der Waals surface area contributed by atoms with E-state index in [2.05, 4.69) is 61.5 Å². The molecular weight excluding hydrogens is 442 g/mol. The number of nitrogens with zero attached hydrogens (tertiary/aromatic N) is 1. The zero-order valence-corrected chi connectivity index (χ0v) is 21.1. The van der Waals surface area contributed by atoms with E-state index >= 15 is 0 Å². The molecule has 1 aliphatic heterocycles. The first-order chi connectivity index (χ1) is 16.4. The van der Waals surface area contributed by atoms with Crippen LogP contribution in [0.15, 0.2) is 66.7 Å². The molecule has 0 bridgehead atoms. The van der Waals surface area contributed by atoms with E-state index in [0.717, 1.165) is 37.0 Å². The molecule has 0 amide bonds. The van der Waals surface area contributed by atoms with Crippen molar-refractivity contribution < 1.29 is 13.2 Å². The number of fused-ring (bicyclic) bond motifs is 1. The van der Waals surface area contributed by atoms with Crippen molar-refractivity contribution in [1.82, 2.24) is 4.31 Å². The van der Waals surface area contributed by atoms with E-state index in [1.165, 1.54) is 51.2 Å². The second-order valence-corrected chi connectivity index (χ2v) is 11.2. The third-order valence-corrected chi connectivity index (χ3v) is 7.81. The summed E-state index contributed by atoms with van der Waals surface area (Å²) in [4.78, 5) is 0. The lowest BCUT2D eigenvalue weighted by molar-refractivity contribution is 0.309. The van der Waals surface area contributed by atoms with Gasteiger partial charge in [-0.1, -0.05) is 67.9 Å². The highest BCUT2D eigenvalue weighted by Crippen LogP contribution is 2.25. The lowest BCUT2D eigenvalue weighted by Gasteiger charge is -2.27. The van der Waals surface area contributed by atoms with Crippen LogP contribution in [0.25, 0.3) is 11.1 Å². The summed E-state index contributed by atoms with van der Waals surface area (Å²) in [5.74, 6) is 0.865. The molecule has 0 saturated carbocycles. The van der Waals surface area contributed by atoms with Gasteiger partial charge in [0.1, 0.15) is 5.75 Å². The number of unbranched alkanes of at least 4 members (excludes halogenated alkanes) is 1. The Morgan fingerprint density at radius 1 is 0.824 bits per heavy atom. The maximum atomic E-state index is 11.8. The molecule has 0 radical (unpaired) electrons. The summed E-state index contributed by atoms with van der Waals surface area (Å²) >= 11 is 0. The number of aryl methyl sites for hydroxylation is 2. The third-order valence-electron chi connectivity index (χ3n) is 6.56. The number of benzene rings is 3. The summed E-state index contributed by atoms with van der Waals surface area (Å²) in [5, 5.41) is 0. The highest BCUT2D eigenvalue weighted by Gasteiger charge is 2.23. The molecule has 180 valence electrons. The van der Waals surface area contributed by atoms with E-state index < -0.39 is 10.0 Å². The van der Waals surface area contributed by atoms with Gasteiger partial charge in [-0.15, -0.1) is 0 Å². The fourth-order valence-corrected chi connectivity index (χ4v) is 5.25. The Morgan fingerprint density at radius 3 is 2.03 bits per heavy atom. The topological polar surface area (TPSA) is 46.6 Å². The Kier molecular flexibility index (Phi) is 8.07. The van der Waals surface area contributed by atoms with Gasteiger partial charge in [0.2, 0.25) is 10.0 Å². The van der Waals surface area contributed by atoms with Gasteiger partial charge in [0, 0.05) is 13.1 Å². The predicted molar refractivity (Wildman–Crippen MR) is 140 cm³/mol. The number of hydrogen-bond donors (Lipinski definition) is 0. The largest absolute Gasteiger partial charge is 0.494 e. The van der Waals surface area contributed by atoms with Crippen LogP contribution in [0.2, 0.25) is 0 Å². The zero-order valence-electron chi connectivity index (χ0n) is 20.3. The van der Waals surface area contributed by atoms with Crippen LogP contribution >= 0.6 is 0 Å². The predicted octanol–water partition coefficient (Wildman–Crippen LogP) is 6.03. The maximum absolute atomic E-state index is 11.8. The van der Waals surface area contributed by atoms with Crippen LogP contribution in [0.5, 0.6) is 5.75 Å². The van der Waals surface area contributed by atoms with Gasteiger partial charge in [0.05, 0.1) is 12.9 Å². The molecule has 34 heavy (non-hydrogen) atoms. The Labute approximate surface area is 204 Å². The van der Waals surface area contributed by atoms with Gasteiger partial charge in [-0.25, -0.2) is 8.42 Å². The van der Waals surface area contributed by atoms with Crippen molar-refractivity contribution in [1.29, 1.82) is 0 Å². The minimum absolute atomic E-state index is 0.452. The second kappa shape index (κ2) is 11.2. The Hall–Kier alpha value is -2.63. The van der Waals surface area contributed by atoms with Gasteiger partial charge in [0.15, 0.2) is 0 Å². The summed E-state index contributed by atoms with van der Waals surface area (Å²) < 4.78 is 31.1. The van der Waals surface area contributed by atoms with E-state index in [4.69, 9.17) is 4.74 Å². The van der Waals surface area contributed by atoms with Crippen LogP contribution in [0.1, 0.15) is 48.4 Å². The summed E-state index contributed by atoms with van der Waals surface area (Å²) in [7, 11) is -3.14. The molecule has 1 aliphatic rings. The SMILES string of the molecule is CCCCc1ccc(-c2ccc(CCCOc3ccc4c(c3)CCN(S(C)(=O)=O)C4)cc2)cc1. The second-order valence-electron chi connectivity index (χ2n) is 9.23. The van der Waals surface area contributed by atoms with Crippen LogP contribution < -0.4 is 4.74 Å². The summed E-state index contributed by atoms with van der Waals surface area (Å²) in [6.45, 7) is 3.88. The van der Waals surface area contributed by atoms with Gasteiger partial charge in [-0.2, -0.15) is 4.31 Å². The van der Waals surface area contributed by atoms with E-state index in [1.54, 1.807) is 0 Å². The first kappa shape index (κ1) is 24.5. The molecule has 3 aromatic rings. The molecule has 0 aliphatic carbocycles. The maximum Gasteiger partial charge on any atom is 0.211 e. The van der Waals surface area contributed by atoms with Crippen LogP contribution in [-0.2, 0) is 35.8 Å². The fraction of sp³-hybridized carbons (Fsp3) is 0.379. The van der Waals surface area contributed by atoms with Crippen molar-refractivity contribution in [3.05, 3.63) is 89.0 Å². The van der Waals surface area contributed by atoms with E-state index in [1.807, 2.05) is 12.1 Å². The Bertz CT molecular complexity index is 1190. The molecule has 0 N–H and O–H groups in total. The summed E-state index contributed by atoms with van der Waals surface area (Å²) in [6, 6.07) is 23.8. The number of ether oxygens (including phenoxy) is 1. The zero-order chi connectivity index (χ0) is 24.0. The minimum Gasteiger partial charge on any atom is -0.494 e. The first-order valence-corrected chi connectivity index (χ1v) is 14.1. The molecule has 4 nitrogen and oxygen atoms in total. The van der Waals surface area contributed by atoms with Crippen LogP contribution in [0.3, 0.4) is 0 Å². The van der Waals surface area contributed by atoms with E-state index in [0.29, 0.717) is 19.7 Å². The molecule has 0 aromatic heterocycles. The van der Waals surface area contributed by atoms with Crippen molar-refractivity contribution in [2.75, 3.05) is 19.4 Å². The van der Waals surface area contributed by atoms with Crippen molar-refractivity contribution in [3.63, 3.8) is 0 Å². The van der Waals surface area contributed by atoms with Gasteiger partial charge in [-0.05, 0) is 77.6 Å². The highest BCUT2D eigenvalue weighted by molar-refractivity contribution is 7.88. The van der Waals surface area contributed by atoms with E-state index in [9.17, 15) is 8.42 Å². The Balaban J connectivity index is 1.24. The average Bonchev–Trinajstić information content (AvgIpc) is 2.85. The highest BCUT2D eigenvalue weighted by atomic mass is 32.2. The van der Waals surface area contributed by atoms with Gasteiger partial charge >= 0.3 is 0 Å². The molecule has 0 saturated heterocycles. The lowest BCUT2D eigenvalue weighted by atomic mass is 10.00. The number of hydrogen-bond acceptors (Lipinski definition) is 3. The van der Waals surface area contributed by atoms with Gasteiger partial charge in [0.25, 0.3) is 0 Å². The standard InChI is InChI=1S/C29H35NO3S/c1-3-4-6-23-8-12-25(13-9-23)26-14-10-24(11-15-26)7-5-20-33-29-17-16-28-22-30(34(2,31)32)19-18-27(28)21-29/h8-17,21H,3-7,18-20,22H2,1-2H3. The van der Waals surface area contributed by atoms with Gasteiger partial charge in [-0.3, -0.25) is 0 Å². The molecule has 0 atom stereocenters. The quantitative estimate of drug-likeness (QED) is 0.335. The fourth-order valence-electron chi connectivity index (χ4n) is 4.45. The molecule has 0 spiro atoms. The molecule has 3 aromatic carbocycles. The van der Waals surface area contributed by atoms with Crippen molar-refractivity contribution in [2.45, 2.75) is 52.0 Å². The average molecular weight is 478 g/mol. The van der Waals surface area contributed by atoms with E-state index in [-0.39, 0.29) is 0 Å². The van der Waals surface area contributed by atoms with Crippen molar-refractivity contribution in [3.8, 4) is 16.9 Å². The molecule has 0 unspecified atom stereocenters. The third kappa shape index (κ3) is 6.49. The molecule has 4 rings (SSSR count). The summed E-state index contributed by atoms with van der Waals surface area (Å²) in [6.07, 6.45) is 7.56. The van der Waals surface area contributed by atoms with Crippen LogP contribution in [-0.4, -0.2) is 32.1 Å². The lowest BCUT2D eigenvalue weighted by Crippen LogP contribution is -2.35. The van der Waals surface area contributed by atoms with Crippen LogP contribution in [0.4, 0.5) is 0 Å². The molecular formula is C29H35NO3S. The van der Waals surface area contributed by atoms with Crippen LogP contribution in [0, 0.1) is 0 Å². The molecule has 0 fully saturated rings. The number of rotatable bonds is 10. The van der Waals surface area contributed by atoms with Crippen molar-refractivity contribution >= 4 is 10.0 Å². The normalized spacial score (nSPS) is 14.1. The molecule has 1 heterocycles. The Morgan fingerprint density at radius 2 is 1.44 bits per heavy atom. The van der Waals surface area contributed by atoms with Gasteiger partial charge < -0.3 is 4.74 Å². The van der Waals surface area contributed by atoms with Crippen molar-refractivity contribution in [2.24, 2.45) is 0 Å². The first-order valence-electron chi connectivity index (χ1n) is 12.3. The smallest absolute Gasteiger partial charge is 0.211 e.